The Morgan fingerprint density at radius 3 is 2.18 bits per heavy atom. The highest BCUT2D eigenvalue weighted by atomic mass is 19.3. The predicted octanol–water partition coefficient (Wildman–Crippen LogP) is 3.96. The Balaban J connectivity index is 2.82. The summed E-state index contributed by atoms with van der Waals surface area (Å²) in [5.74, 6) is -2.81. The molecule has 17 heavy (non-hydrogen) atoms. The molecule has 0 saturated carbocycles. The molecule has 94 valence electrons. The van der Waals surface area contributed by atoms with Crippen LogP contribution in [0.2, 0.25) is 0 Å². The molecule has 0 atom stereocenters. The van der Waals surface area contributed by atoms with Crippen LogP contribution in [-0.2, 0) is 17.1 Å². The topological polar surface area (TPSA) is 17.1 Å². The molecule has 0 aliphatic heterocycles. The second-order valence-electron chi connectivity index (χ2n) is 4.88. The van der Waals surface area contributed by atoms with Crippen LogP contribution in [-0.4, -0.2) is 5.78 Å². The van der Waals surface area contributed by atoms with Crippen molar-refractivity contribution < 1.29 is 13.6 Å². The van der Waals surface area contributed by atoms with Crippen LogP contribution < -0.4 is 0 Å². The van der Waals surface area contributed by atoms with Crippen molar-refractivity contribution in [3.05, 3.63) is 35.4 Å². The third-order valence-electron chi connectivity index (χ3n) is 2.49. The molecule has 3 heteroatoms. The van der Waals surface area contributed by atoms with Crippen LogP contribution in [0.1, 0.15) is 38.3 Å². The van der Waals surface area contributed by atoms with Gasteiger partial charge in [0, 0.05) is 18.4 Å². The number of rotatable bonds is 5. The molecule has 0 bridgehead atoms. The molecule has 1 rings (SSSR count). The summed E-state index contributed by atoms with van der Waals surface area (Å²) in [6, 6.07) is 6.04. The highest BCUT2D eigenvalue weighted by Crippen LogP contribution is 2.34. The maximum absolute atomic E-state index is 13.7. The quantitative estimate of drug-likeness (QED) is 0.761. The van der Waals surface area contributed by atoms with E-state index in [9.17, 15) is 13.6 Å². The van der Waals surface area contributed by atoms with E-state index < -0.39 is 5.92 Å². The lowest BCUT2D eigenvalue weighted by atomic mass is 9.97. The average molecular weight is 240 g/mol. The Hall–Kier alpha value is -1.25. The van der Waals surface area contributed by atoms with Gasteiger partial charge >= 0.3 is 0 Å². The normalized spacial score (nSPS) is 11.9. The highest BCUT2D eigenvalue weighted by molar-refractivity contribution is 5.78. The lowest BCUT2D eigenvalue weighted by Gasteiger charge is -2.19. The Kier molecular flexibility index (Phi) is 4.38. The Labute approximate surface area is 101 Å². The van der Waals surface area contributed by atoms with Crippen molar-refractivity contribution in [3.8, 4) is 0 Å². The monoisotopic (exact) mass is 240 g/mol. The molecule has 0 amide bonds. The van der Waals surface area contributed by atoms with E-state index in [0.29, 0.717) is 6.42 Å². The number of hydrogen-bond acceptors (Lipinski definition) is 1. The third kappa shape index (κ3) is 4.25. The number of ketones is 1. The van der Waals surface area contributed by atoms with Crippen molar-refractivity contribution in [2.75, 3.05) is 0 Å². The summed E-state index contributed by atoms with van der Waals surface area (Å²) in [6.45, 7) is 5.04. The van der Waals surface area contributed by atoms with Crippen LogP contribution in [0, 0.1) is 5.92 Å². The fraction of sp³-hybridized carbons (Fsp3) is 0.500. The van der Waals surface area contributed by atoms with E-state index in [4.69, 9.17) is 0 Å². The number of benzene rings is 1. The second-order valence-corrected chi connectivity index (χ2v) is 4.88. The van der Waals surface area contributed by atoms with Crippen LogP contribution in [0.25, 0.3) is 0 Å². The van der Waals surface area contributed by atoms with Gasteiger partial charge in [0.15, 0.2) is 0 Å². The highest BCUT2D eigenvalue weighted by Gasteiger charge is 2.31. The van der Waals surface area contributed by atoms with Crippen molar-refractivity contribution in [2.24, 2.45) is 5.92 Å². The minimum absolute atomic E-state index is 0.0264. The summed E-state index contributed by atoms with van der Waals surface area (Å²) in [5, 5.41) is 0. The van der Waals surface area contributed by atoms with E-state index >= 15 is 0 Å². The van der Waals surface area contributed by atoms with Gasteiger partial charge in [0.05, 0.1) is 0 Å². The third-order valence-corrected chi connectivity index (χ3v) is 2.49. The van der Waals surface area contributed by atoms with Gasteiger partial charge in [0.1, 0.15) is 5.78 Å². The number of alkyl halides is 2. The van der Waals surface area contributed by atoms with Crippen LogP contribution in [0.4, 0.5) is 8.78 Å². The van der Waals surface area contributed by atoms with Crippen molar-refractivity contribution >= 4 is 5.78 Å². The van der Waals surface area contributed by atoms with Crippen molar-refractivity contribution in [2.45, 2.75) is 39.5 Å². The SMILES string of the molecule is CC(=O)Cc1ccc(C(F)(F)CC(C)C)cc1. The molecule has 0 aliphatic rings. The molecular formula is C14H18F2O. The molecule has 0 aliphatic carbocycles. The summed E-state index contributed by atoms with van der Waals surface area (Å²) < 4.78 is 27.5. The first-order valence-corrected chi connectivity index (χ1v) is 5.78. The van der Waals surface area contributed by atoms with Crippen LogP contribution >= 0.6 is 0 Å². The van der Waals surface area contributed by atoms with Gasteiger partial charge in [-0.1, -0.05) is 38.1 Å². The summed E-state index contributed by atoms with van der Waals surface area (Å²) in [5.41, 5.74) is 0.806. The van der Waals surface area contributed by atoms with E-state index in [1.54, 1.807) is 26.0 Å². The van der Waals surface area contributed by atoms with E-state index in [2.05, 4.69) is 0 Å². The van der Waals surface area contributed by atoms with Crippen molar-refractivity contribution in [1.29, 1.82) is 0 Å². The summed E-state index contributed by atoms with van der Waals surface area (Å²) in [7, 11) is 0. The lowest BCUT2D eigenvalue weighted by Crippen LogP contribution is -2.16. The Morgan fingerprint density at radius 1 is 1.24 bits per heavy atom. The van der Waals surface area contributed by atoms with E-state index in [0.717, 1.165) is 5.56 Å². The van der Waals surface area contributed by atoms with Crippen LogP contribution in [0.15, 0.2) is 24.3 Å². The van der Waals surface area contributed by atoms with E-state index in [1.165, 1.54) is 19.1 Å². The van der Waals surface area contributed by atoms with Crippen LogP contribution in [0.5, 0.6) is 0 Å². The van der Waals surface area contributed by atoms with Gasteiger partial charge in [0.25, 0.3) is 5.92 Å². The van der Waals surface area contributed by atoms with Gasteiger partial charge in [-0.05, 0) is 18.4 Å². The zero-order valence-corrected chi connectivity index (χ0v) is 10.5. The minimum atomic E-state index is -2.79. The molecule has 1 nitrogen and oxygen atoms in total. The Bertz CT molecular complexity index is 380. The summed E-state index contributed by atoms with van der Waals surface area (Å²) in [4.78, 5) is 10.9. The number of carbonyl (C=O) groups is 1. The predicted molar refractivity (Wildman–Crippen MR) is 64.2 cm³/mol. The first-order valence-electron chi connectivity index (χ1n) is 5.78. The molecule has 0 fully saturated rings. The first-order chi connectivity index (χ1) is 7.81. The number of halogens is 2. The largest absolute Gasteiger partial charge is 0.300 e. The fourth-order valence-electron chi connectivity index (χ4n) is 1.78. The minimum Gasteiger partial charge on any atom is -0.300 e. The first kappa shape index (κ1) is 13.8. The molecule has 0 spiro atoms. The zero-order valence-electron chi connectivity index (χ0n) is 10.5. The lowest BCUT2D eigenvalue weighted by molar-refractivity contribution is -0.116. The smallest absolute Gasteiger partial charge is 0.273 e. The maximum Gasteiger partial charge on any atom is 0.273 e. The molecule has 0 saturated heterocycles. The zero-order chi connectivity index (χ0) is 13.1. The van der Waals surface area contributed by atoms with Gasteiger partial charge in [0.2, 0.25) is 0 Å². The molecule has 0 aromatic heterocycles. The molecule has 0 N–H and O–H groups in total. The molecular weight excluding hydrogens is 222 g/mol. The standard InChI is InChI=1S/C14H18F2O/c1-10(2)9-14(15,16)13-6-4-12(5-7-13)8-11(3)17/h4-7,10H,8-9H2,1-3H3. The number of hydrogen-bond donors (Lipinski definition) is 0. The van der Waals surface area contributed by atoms with Gasteiger partial charge < -0.3 is 0 Å². The van der Waals surface area contributed by atoms with Crippen molar-refractivity contribution in [3.63, 3.8) is 0 Å². The van der Waals surface area contributed by atoms with Crippen LogP contribution in [0.3, 0.4) is 0 Å². The molecule has 0 radical (unpaired) electrons. The van der Waals surface area contributed by atoms with E-state index in [1.807, 2.05) is 0 Å². The maximum atomic E-state index is 13.7. The summed E-state index contributed by atoms with van der Waals surface area (Å²) in [6.07, 6.45) is 0.148. The fourth-order valence-corrected chi connectivity index (χ4v) is 1.78. The molecule has 0 heterocycles. The van der Waals surface area contributed by atoms with Gasteiger partial charge in [-0.25, -0.2) is 8.78 Å². The summed E-state index contributed by atoms with van der Waals surface area (Å²) >= 11 is 0. The number of Topliss-reactive ketones (excluding diaryl/α,β-unsaturated/α-hetero) is 1. The molecule has 1 aromatic rings. The second kappa shape index (κ2) is 5.39. The molecule has 1 aromatic carbocycles. The van der Waals surface area contributed by atoms with Gasteiger partial charge in [-0.15, -0.1) is 0 Å². The van der Waals surface area contributed by atoms with Gasteiger partial charge in [-0.3, -0.25) is 4.79 Å². The average Bonchev–Trinajstić information content (AvgIpc) is 2.15. The molecule has 0 unspecified atom stereocenters. The number of carbonyl (C=O) groups excluding carboxylic acids is 1. The van der Waals surface area contributed by atoms with Gasteiger partial charge in [-0.2, -0.15) is 0 Å². The van der Waals surface area contributed by atoms with Crippen molar-refractivity contribution in [1.82, 2.24) is 0 Å². The van der Waals surface area contributed by atoms with E-state index in [-0.39, 0.29) is 23.7 Å². The Morgan fingerprint density at radius 2 is 1.76 bits per heavy atom.